The molecule has 1 saturated carbocycles. The average Bonchev–Trinajstić information content (AvgIpc) is 3.13. The minimum atomic E-state index is -1.11. The van der Waals surface area contributed by atoms with Crippen molar-refractivity contribution in [3.8, 4) is 0 Å². The lowest BCUT2D eigenvalue weighted by molar-refractivity contribution is -0.148. The van der Waals surface area contributed by atoms with Gasteiger partial charge in [-0.1, -0.05) is 0 Å². The van der Waals surface area contributed by atoms with E-state index < -0.39 is 11.5 Å². The summed E-state index contributed by atoms with van der Waals surface area (Å²) < 4.78 is 5.49. The zero-order chi connectivity index (χ0) is 13.2. The number of ether oxygens (including phenoxy) is 1. The summed E-state index contributed by atoms with van der Waals surface area (Å²) in [6, 6.07) is 0. The highest BCUT2D eigenvalue weighted by molar-refractivity contribution is 5.87. The van der Waals surface area contributed by atoms with Crippen LogP contribution in [0.2, 0.25) is 0 Å². The van der Waals surface area contributed by atoms with E-state index in [1.807, 2.05) is 0 Å². The second-order valence-corrected chi connectivity index (χ2v) is 5.52. The van der Waals surface area contributed by atoms with Crippen molar-refractivity contribution in [3.63, 3.8) is 0 Å². The second kappa shape index (κ2) is 5.26. The Balaban J connectivity index is 1.86. The van der Waals surface area contributed by atoms with E-state index >= 15 is 0 Å². The summed E-state index contributed by atoms with van der Waals surface area (Å²) in [4.78, 5) is 23.2. The smallest absolute Gasteiger partial charge is 0.329 e. The van der Waals surface area contributed by atoms with E-state index in [0.717, 1.165) is 32.1 Å². The molecule has 102 valence electrons. The van der Waals surface area contributed by atoms with Crippen LogP contribution in [0.1, 0.15) is 45.4 Å². The van der Waals surface area contributed by atoms with Crippen molar-refractivity contribution in [1.29, 1.82) is 0 Å². The molecule has 0 radical (unpaired) electrons. The quantitative estimate of drug-likeness (QED) is 0.776. The predicted molar refractivity (Wildman–Crippen MR) is 65.1 cm³/mol. The van der Waals surface area contributed by atoms with Gasteiger partial charge in [-0.05, 0) is 44.9 Å². The third-order valence-electron chi connectivity index (χ3n) is 3.92. The number of carbonyl (C=O) groups excluding carboxylic acids is 1. The monoisotopic (exact) mass is 255 g/mol. The van der Waals surface area contributed by atoms with Crippen molar-refractivity contribution in [2.75, 3.05) is 6.61 Å². The molecule has 0 spiro atoms. The van der Waals surface area contributed by atoms with Crippen LogP contribution in [0.3, 0.4) is 0 Å². The summed E-state index contributed by atoms with van der Waals surface area (Å²) in [7, 11) is 0. The van der Waals surface area contributed by atoms with E-state index in [4.69, 9.17) is 4.74 Å². The van der Waals surface area contributed by atoms with E-state index in [1.54, 1.807) is 6.92 Å². The minimum Gasteiger partial charge on any atom is -0.480 e. The van der Waals surface area contributed by atoms with Crippen LogP contribution < -0.4 is 5.32 Å². The first-order valence-electron chi connectivity index (χ1n) is 6.68. The van der Waals surface area contributed by atoms with Gasteiger partial charge in [0.25, 0.3) is 0 Å². The Morgan fingerprint density at radius 1 is 1.33 bits per heavy atom. The van der Waals surface area contributed by atoms with Crippen molar-refractivity contribution in [3.05, 3.63) is 0 Å². The van der Waals surface area contributed by atoms with E-state index in [9.17, 15) is 14.7 Å². The number of nitrogens with one attached hydrogen (secondary N) is 1. The molecule has 0 aromatic carbocycles. The highest BCUT2D eigenvalue weighted by Crippen LogP contribution is 2.39. The van der Waals surface area contributed by atoms with Crippen LogP contribution in [0.15, 0.2) is 0 Å². The first-order chi connectivity index (χ1) is 8.52. The lowest BCUT2D eigenvalue weighted by Gasteiger charge is -2.28. The van der Waals surface area contributed by atoms with Crippen LogP contribution in [0.25, 0.3) is 0 Å². The maximum absolute atomic E-state index is 11.9. The van der Waals surface area contributed by atoms with Gasteiger partial charge in [0.15, 0.2) is 0 Å². The Morgan fingerprint density at radius 2 is 2.06 bits per heavy atom. The zero-order valence-corrected chi connectivity index (χ0v) is 10.8. The molecule has 1 amide bonds. The molecular formula is C13H21NO4. The van der Waals surface area contributed by atoms with E-state index in [1.165, 1.54) is 0 Å². The molecule has 2 N–H and O–H groups in total. The van der Waals surface area contributed by atoms with Gasteiger partial charge in [0.05, 0.1) is 12.5 Å². The van der Waals surface area contributed by atoms with Gasteiger partial charge in [0, 0.05) is 6.61 Å². The number of carboxylic acid groups (broad SMARTS) is 1. The fourth-order valence-electron chi connectivity index (χ4n) is 2.51. The van der Waals surface area contributed by atoms with E-state index in [-0.39, 0.29) is 24.3 Å². The van der Waals surface area contributed by atoms with Crippen LogP contribution in [0, 0.1) is 5.92 Å². The molecule has 1 aliphatic heterocycles. The fraction of sp³-hybridized carbons (Fsp3) is 0.846. The number of aliphatic carboxylic acids is 1. The number of carbonyl (C=O) groups is 2. The third-order valence-corrected chi connectivity index (χ3v) is 3.92. The fourth-order valence-corrected chi connectivity index (χ4v) is 2.51. The first kappa shape index (κ1) is 13.3. The highest BCUT2D eigenvalue weighted by Gasteiger charge is 2.48. The van der Waals surface area contributed by atoms with Crippen molar-refractivity contribution in [2.45, 2.75) is 57.1 Å². The molecule has 0 aromatic rings. The van der Waals surface area contributed by atoms with Crippen molar-refractivity contribution in [1.82, 2.24) is 5.32 Å². The van der Waals surface area contributed by atoms with Gasteiger partial charge in [-0.15, -0.1) is 0 Å². The van der Waals surface area contributed by atoms with Crippen LogP contribution in [0.5, 0.6) is 0 Å². The average molecular weight is 255 g/mol. The first-order valence-corrected chi connectivity index (χ1v) is 6.68. The van der Waals surface area contributed by atoms with Crippen molar-refractivity contribution >= 4 is 11.9 Å². The van der Waals surface area contributed by atoms with Crippen LogP contribution >= 0.6 is 0 Å². The SMILES string of the molecule is CC(NC(=O)CC1CCCCO1)(C(=O)O)C1CC1. The molecule has 1 saturated heterocycles. The molecule has 5 nitrogen and oxygen atoms in total. The number of rotatable bonds is 5. The van der Waals surface area contributed by atoms with Gasteiger partial charge in [0.2, 0.25) is 5.91 Å². The second-order valence-electron chi connectivity index (χ2n) is 5.52. The summed E-state index contributed by atoms with van der Waals surface area (Å²) in [5.41, 5.74) is -1.11. The molecule has 5 heteroatoms. The summed E-state index contributed by atoms with van der Waals surface area (Å²) in [6.07, 6.45) is 5.00. The van der Waals surface area contributed by atoms with Crippen molar-refractivity contribution in [2.24, 2.45) is 5.92 Å². The van der Waals surface area contributed by atoms with Crippen LogP contribution in [0.4, 0.5) is 0 Å². The van der Waals surface area contributed by atoms with Crippen LogP contribution in [-0.4, -0.2) is 35.2 Å². The molecule has 0 bridgehead atoms. The zero-order valence-electron chi connectivity index (χ0n) is 10.8. The molecule has 18 heavy (non-hydrogen) atoms. The lowest BCUT2D eigenvalue weighted by Crippen LogP contribution is -2.54. The number of amides is 1. The highest BCUT2D eigenvalue weighted by atomic mass is 16.5. The topological polar surface area (TPSA) is 75.6 Å². The Bertz CT molecular complexity index is 334. The molecule has 2 rings (SSSR count). The summed E-state index contributed by atoms with van der Waals surface area (Å²) in [6.45, 7) is 2.31. The van der Waals surface area contributed by atoms with E-state index in [0.29, 0.717) is 6.61 Å². The Kier molecular flexibility index (Phi) is 3.90. The third kappa shape index (κ3) is 3.02. The summed E-state index contributed by atoms with van der Waals surface area (Å²) in [5, 5.41) is 11.9. The standard InChI is InChI=1S/C13H21NO4/c1-13(12(16)17,9-5-6-9)14-11(15)8-10-4-2-3-7-18-10/h9-10H,2-8H2,1H3,(H,14,15)(H,16,17). The van der Waals surface area contributed by atoms with Gasteiger partial charge >= 0.3 is 5.97 Å². The molecule has 2 aliphatic rings. The molecule has 1 aliphatic carbocycles. The normalized spacial score (nSPS) is 27.3. The number of hydrogen-bond acceptors (Lipinski definition) is 3. The largest absolute Gasteiger partial charge is 0.480 e. The van der Waals surface area contributed by atoms with E-state index in [2.05, 4.69) is 5.32 Å². The molecule has 1 heterocycles. The van der Waals surface area contributed by atoms with Crippen molar-refractivity contribution < 1.29 is 19.4 Å². The lowest BCUT2D eigenvalue weighted by atomic mass is 9.95. The van der Waals surface area contributed by atoms with Gasteiger partial charge in [0.1, 0.15) is 5.54 Å². The van der Waals surface area contributed by atoms with Gasteiger partial charge in [-0.2, -0.15) is 0 Å². The Morgan fingerprint density at radius 3 is 2.56 bits per heavy atom. The maximum Gasteiger partial charge on any atom is 0.329 e. The van der Waals surface area contributed by atoms with Gasteiger partial charge in [-0.3, -0.25) is 4.79 Å². The number of carboxylic acids is 1. The molecule has 2 fully saturated rings. The van der Waals surface area contributed by atoms with Crippen LogP contribution in [-0.2, 0) is 14.3 Å². The maximum atomic E-state index is 11.9. The predicted octanol–water partition coefficient (Wildman–Crippen LogP) is 1.32. The molecule has 0 aromatic heterocycles. The van der Waals surface area contributed by atoms with Gasteiger partial charge < -0.3 is 15.2 Å². The van der Waals surface area contributed by atoms with Gasteiger partial charge in [-0.25, -0.2) is 4.79 Å². The number of hydrogen-bond donors (Lipinski definition) is 2. The molecule has 2 atom stereocenters. The minimum absolute atomic E-state index is 0.0454. The Hall–Kier alpha value is -1.10. The summed E-state index contributed by atoms with van der Waals surface area (Å²) >= 11 is 0. The Labute approximate surface area is 107 Å². The summed E-state index contributed by atoms with van der Waals surface area (Å²) in [5.74, 6) is -1.08. The molecule has 2 unspecified atom stereocenters. The molecular weight excluding hydrogens is 234 g/mol.